The summed E-state index contributed by atoms with van der Waals surface area (Å²) in [7, 11) is 1.60. The van der Waals surface area contributed by atoms with Gasteiger partial charge in [-0.15, -0.1) is 0 Å². The van der Waals surface area contributed by atoms with E-state index in [0.717, 1.165) is 30.4 Å². The summed E-state index contributed by atoms with van der Waals surface area (Å²) in [5.74, 6) is 2.02. The van der Waals surface area contributed by atoms with Crippen molar-refractivity contribution in [2.45, 2.75) is 37.7 Å². The quantitative estimate of drug-likeness (QED) is 0.618. The largest absolute Gasteiger partial charge is 0.496 e. The van der Waals surface area contributed by atoms with E-state index >= 15 is 0 Å². The molecule has 1 aliphatic heterocycles. The highest BCUT2D eigenvalue weighted by molar-refractivity contribution is 5.76. The molecule has 3 atom stereocenters. The number of rotatable bonds is 6. The number of hydrogen-bond donors (Lipinski definition) is 1. The summed E-state index contributed by atoms with van der Waals surface area (Å²) in [5, 5.41) is 15.7. The molecule has 172 valence electrons. The van der Waals surface area contributed by atoms with Crippen molar-refractivity contribution in [3.8, 4) is 17.1 Å². The van der Waals surface area contributed by atoms with Gasteiger partial charge in [-0.25, -0.2) is 0 Å². The number of hydrogen-bond acceptors (Lipinski definition) is 6. The number of aryl methyl sites for hydroxylation is 1. The zero-order valence-electron chi connectivity index (χ0n) is 18.8. The zero-order valence-corrected chi connectivity index (χ0v) is 18.8. The third kappa shape index (κ3) is 4.13. The summed E-state index contributed by atoms with van der Waals surface area (Å²) in [6.07, 6.45) is 3.46. The minimum Gasteiger partial charge on any atom is -0.496 e. The highest BCUT2D eigenvalue weighted by Crippen LogP contribution is 2.48. The van der Waals surface area contributed by atoms with Gasteiger partial charge in [-0.2, -0.15) is 4.98 Å². The number of likely N-dealkylation sites (tertiary alicyclic amines) is 1. The van der Waals surface area contributed by atoms with Crippen LogP contribution < -0.4 is 4.74 Å². The number of para-hydroxylation sites is 1. The lowest BCUT2D eigenvalue weighted by Gasteiger charge is -2.41. The van der Waals surface area contributed by atoms with Crippen LogP contribution in [0.5, 0.6) is 5.75 Å². The van der Waals surface area contributed by atoms with Crippen LogP contribution in [0.1, 0.15) is 37.1 Å². The molecule has 0 radical (unpaired) electrons. The molecule has 5 rings (SSSR count). The molecular weight excluding hydrogens is 418 g/mol. The minimum absolute atomic E-state index is 0.0665. The Balaban J connectivity index is 1.23. The van der Waals surface area contributed by atoms with Gasteiger partial charge in [-0.1, -0.05) is 47.6 Å². The molecule has 7 nitrogen and oxygen atoms in total. The molecule has 1 aliphatic carbocycles. The van der Waals surface area contributed by atoms with Crippen LogP contribution in [-0.4, -0.2) is 46.3 Å². The molecule has 2 heterocycles. The van der Waals surface area contributed by atoms with E-state index < -0.39 is 5.60 Å². The fourth-order valence-corrected chi connectivity index (χ4v) is 5.48. The Morgan fingerprint density at radius 3 is 2.79 bits per heavy atom. The van der Waals surface area contributed by atoms with E-state index in [9.17, 15) is 9.90 Å². The second-order valence-electron chi connectivity index (χ2n) is 9.06. The third-order valence-electron chi connectivity index (χ3n) is 7.18. The molecule has 0 spiro atoms. The lowest BCUT2D eigenvalue weighted by molar-refractivity contribution is -0.130. The van der Waals surface area contributed by atoms with Crippen molar-refractivity contribution in [3.63, 3.8) is 0 Å². The Morgan fingerprint density at radius 2 is 1.97 bits per heavy atom. The average molecular weight is 448 g/mol. The number of benzene rings is 2. The SMILES string of the molecule is COc1ccccc1-c1noc(CCC(=O)N2C[C@H]3CCC[C@](O)(c4ccccc4)[C@H]3C2)n1. The molecular formula is C26H29N3O4. The Bertz CT molecular complexity index is 1120. The number of carbonyl (C=O) groups is 1. The van der Waals surface area contributed by atoms with Crippen LogP contribution >= 0.6 is 0 Å². The maximum atomic E-state index is 13.0. The molecule has 2 aromatic carbocycles. The Labute approximate surface area is 193 Å². The summed E-state index contributed by atoms with van der Waals surface area (Å²) >= 11 is 0. The monoisotopic (exact) mass is 447 g/mol. The standard InChI is InChI=1S/C26H29N3O4/c1-32-22-12-6-5-11-20(22)25-27-23(33-28-25)13-14-24(30)29-16-18-8-7-15-26(31,21(18)17-29)19-9-3-2-4-10-19/h2-6,9-12,18,21,31H,7-8,13-17H2,1H3/t18-,21+,26+/m1/s1. The van der Waals surface area contributed by atoms with Gasteiger partial charge in [0.15, 0.2) is 0 Å². The minimum atomic E-state index is -0.866. The van der Waals surface area contributed by atoms with Gasteiger partial charge in [0.05, 0.1) is 18.3 Å². The highest BCUT2D eigenvalue weighted by Gasteiger charge is 2.50. The smallest absolute Gasteiger partial charge is 0.227 e. The number of carbonyl (C=O) groups excluding carboxylic acids is 1. The maximum Gasteiger partial charge on any atom is 0.227 e. The summed E-state index contributed by atoms with van der Waals surface area (Å²) in [6, 6.07) is 17.4. The maximum absolute atomic E-state index is 13.0. The molecule has 33 heavy (non-hydrogen) atoms. The van der Waals surface area contributed by atoms with E-state index in [4.69, 9.17) is 9.26 Å². The molecule has 2 aliphatic rings. The first-order valence-corrected chi connectivity index (χ1v) is 11.6. The first-order chi connectivity index (χ1) is 16.1. The molecule has 7 heteroatoms. The molecule has 0 unspecified atom stereocenters. The summed E-state index contributed by atoms with van der Waals surface area (Å²) in [6.45, 7) is 1.29. The van der Waals surface area contributed by atoms with Crippen molar-refractivity contribution >= 4 is 5.91 Å². The second kappa shape index (κ2) is 8.98. The molecule has 2 fully saturated rings. The number of aliphatic hydroxyl groups is 1. The molecule has 1 saturated carbocycles. The van der Waals surface area contributed by atoms with Crippen LogP contribution in [0.25, 0.3) is 11.4 Å². The second-order valence-corrected chi connectivity index (χ2v) is 9.06. The molecule has 1 saturated heterocycles. The number of amides is 1. The first-order valence-electron chi connectivity index (χ1n) is 11.6. The fraction of sp³-hybridized carbons (Fsp3) is 0.423. The molecule has 1 N–H and O–H groups in total. The van der Waals surface area contributed by atoms with Crippen molar-refractivity contribution < 1.29 is 19.2 Å². The fourth-order valence-electron chi connectivity index (χ4n) is 5.48. The van der Waals surface area contributed by atoms with E-state index in [0.29, 0.717) is 49.3 Å². The molecule has 1 amide bonds. The van der Waals surface area contributed by atoms with Crippen molar-refractivity contribution in [1.82, 2.24) is 15.0 Å². The number of aromatic nitrogens is 2. The number of nitrogens with zero attached hydrogens (tertiary/aromatic N) is 3. The van der Waals surface area contributed by atoms with E-state index in [1.54, 1.807) is 7.11 Å². The Hall–Kier alpha value is -3.19. The third-order valence-corrected chi connectivity index (χ3v) is 7.18. The van der Waals surface area contributed by atoms with E-state index in [1.807, 2.05) is 59.5 Å². The van der Waals surface area contributed by atoms with Crippen molar-refractivity contribution in [3.05, 3.63) is 66.1 Å². The predicted octanol–water partition coefficient (Wildman–Crippen LogP) is 3.82. The van der Waals surface area contributed by atoms with Gasteiger partial charge < -0.3 is 19.3 Å². The van der Waals surface area contributed by atoms with E-state index in [1.165, 1.54) is 0 Å². The van der Waals surface area contributed by atoms with Crippen LogP contribution in [0, 0.1) is 11.8 Å². The van der Waals surface area contributed by atoms with Crippen molar-refractivity contribution in [2.24, 2.45) is 11.8 Å². The van der Waals surface area contributed by atoms with Gasteiger partial charge in [0, 0.05) is 31.8 Å². The highest BCUT2D eigenvalue weighted by atomic mass is 16.5. The lowest BCUT2D eigenvalue weighted by atomic mass is 9.67. The summed E-state index contributed by atoms with van der Waals surface area (Å²) in [4.78, 5) is 19.4. The molecule has 1 aromatic heterocycles. The summed E-state index contributed by atoms with van der Waals surface area (Å²) in [5.41, 5.74) is 0.851. The van der Waals surface area contributed by atoms with Gasteiger partial charge >= 0.3 is 0 Å². The number of methoxy groups -OCH3 is 1. The average Bonchev–Trinajstić information content (AvgIpc) is 3.51. The Kier molecular flexibility index (Phi) is 5.89. The topological polar surface area (TPSA) is 88.7 Å². The zero-order chi connectivity index (χ0) is 22.8. The number of fused-ring (bicyclic) bond motifs is 1. The van der Waals surface area contributed by atoms with Gasteiger partial charge in [0.1, 0.15) is 5.75 Å². The van der Waals surface area contributed by atoms with Gasteiger partial charge in [-0.05, 0) is 42.9 Å². The van der Waals surface area contributed by atoms with Crippen LogP contribution in [0.3, 0.4) is 0 Å². The van der Waals surface area contributed by atoms with Crippen LogP contribution in [0.4, 0.5) is 0 Å². The van der Waals surface area contributed by atoms with E-state index in [2.05, 4.69) is 10.1 Å². The number of ether oxygens (including phenoxy) is 1. The van der Waals surface area contributed by atoms with E-state index in [-0.39, 0.29) is 11.8 Å². The molecule has 3 aromatic rings. The summed E-state index contributed by atoms with van der Waals surface area (Å²) < 4.78 is 10.8. The normalized spacial score (nSPS) is 24.5. The van der Waals surface area contributed by atoms with Crippen LogP contribution in [0.2, 0.25) is 0 Å². The van der Waals surface area contributed by atoms with Crippen LogP contribution in [0.15, 0.2) is 59.1 Å². The van der Waals surface area contributed by atoms with Crippen molar-refractivity contribution in [1.29, 1.82) is 0 Å². The van der Waals surface area contributed by atoms with Gasteiger partial charge in [0.25, 0.3) is 0 Å². The first kappa shape index (κ1) is 21.6. The predicted molar refractivity (Wildman–Crippen MR) is 122 cm³/mol. The van der Waals surface area contributed by atoms with Gasteiger partial charge in [-0.3, -0.25) is 4.79 Å². The Morgan fingerprint density at radius 1 is 1.18 bits per heavy atom. The van der Waals surface area contributed by atoms with Gasteiger partial charge in [0.2, 0.25) is 17.6 Å². The molecule has 0 bridgehead atoms. The lowest BCUT2D eigenvalue weighted by Crippen LogP contribution is -2.42. The van der Waals surface area contributed by atoms with Crippen LogP contribution in [-0.2, 0) is 16.8 Å². The van der Waals surface area contributed by atoms with Crippen molar-refractivity contribution in [2.75, 3.05) is 20.2 Å².